The summed E-state index contributed by atoms with van der Waals surface area (Å²) < 4.78 is 5.42. The van der Waals surface area contributed by atoms with E-state index in [1.807, 2.05) is 6.92 Å². The van der Waals surface area contributed by atoms with Gasteiger partial charge in [-0.15, -0.1) is 0 Å². The van der Waals surface area contributed by atoms with Gasteiger partial charge in [0.15, 0.2) is 6.29 Å². The molecule has 0 radical (unpaired) electrons. The maximum absolute atomic E-state index is 10.9. The molecule has 1 aliphatic rings. The van der Waals surface area contributed by atoms with Gasteiger partial charge in [0.05, 0.1) is 6.04 Å². The molecule has 2 unspecified atom stereocenters. The summed E-state index contributed by atoms with van der Waals surface area (Å²) in [7, 11) is 0. The summed E-state index contributed by atoms with van der Waals surface area (Å²) in [4.78, 5) is 23.1. The highest BCUT2D eigenvalue weighted by Crippen LogP contribution is 2.21. The standard InChI is InChI=1S/C11H19NO4/c1-2-3-7-16-10(8-13)9-5-4-6-12(9)11(14)15/h8-10H,2-7H2,1H3,(H,14,15). The van der Waals surface area contributed by atoms with Crippen molar-refractivity contribution in [1.82, 2.24) is 4.90 Å². The van der Waals surface area contributed by atoms with E-state index in [9.17, 15) is 9.59 Å². The van der Waals surface area contributed by atoms with E-state index in [1.54, 1.807) is 0 Å². The van der Waals surface area contributed by atoms with Crippen LogP contribution in [0.4, 0.5) is 4.79 Å². The maximum Gasteiger partial charge on any atom is 0.407 e. The first-order valence-corrected chi connectivity index (χ1v) is 5.77. The van der Waals surface area contributed by atoms with Crippen molar-refractivity contribution in [1.29, 1.82) is 0 Å². The Morgan fingerprint density at radius 1 is 1.69 bits per heavy atom. The first-order valence-electron chi connectivity index (χ1n) is 5.77. The van der Waals surface area contributed by atoms with E-state index >= 15 is 0 Å². The van der Waals surface area contributed by atoms with Gasteiger partial charge in [-0.3, -0.25) is 0 Å². The summed E-state index contributed by atoms with van der Waals surface area (Å²) in [6.07, 6.45) is 2.56. The Morgan fingerprint density at radius 2 is 2.44 bits per heavy atom. The molecule has 92 valence electrons. The molecule has 1 fully saturated rings. The number of rotatable bonds is 6. The second-order valence-electron chi connectivity index (χ2n) is 4.01. The Morgan fingerprint density at radius 3 is 3.00 bits per heavy atom. The van der Waals surface area contributed by atoms with Crippen LogP contribution in [0.1, 0.15) is 32.6 Å². The number of carbonyl (C=O) groups is 2. The minimum atomic E-state index is -0.964. The zero-order valence-corrected chi connectivity index (χ0v) is 9.59. The number of aldehydes is 1. The highest BCUT2D eigenvalue weighted by molar-refractivity contribution is 5.68. The van der Waals surface area contributed by atoms with Crippen molar-refractivity contribution in [3.63, 3.8) is 0 Å². The lowest BCUT2D eigenvalue weighted by Gasteiger charge is -2.26. The third-order valence-corrected chi connectivity index (χ3v) is 2.87. The fraction of sp³-hybridized carbons (Fsp3) is 0.818. The lowest BCUT2D eigenvalue weighted by atomic mass is 10.1. The lowest BCUT2D eigenvalue weighted by molar-refractivity contribution is -0.121. The van der Waals surface area contributed by atoms with Crippen LogP contribution in [0.5, 0.6) is 0 Å². The molecule has 1 N–H and O–H groups in total. The fourth-order valence-corrected chi connectivity index (χ4v) is 1.98. The molecule has 0 spiro atoms. The van der Waals surface area contributed by atoms with E-state index in [0.717, 1.165) is 25.5 Å². The molecule has 2 atom stereocenters. The van der Waals surface area contributed by atoms with Crippen LogP contribution in [-0.4, -0.2) is 47.7 Å². The van der Waals surface area contributed by atoms with Gasteiger partial charge >= 0.3 is 6.09 Å². The van der Waals surface area contributed by atoms with Crippen molar-refractivity contribution in [3.05, 3.63) is 0 Å². The predicted octanol–water partition coefficient (Wildman–Crippen LogP) is 1.51. The number of nitrogens with zero attached hydrogens (tertiary/aromatic N) is 1. The molecule has 0 aromatic rings. The van der Waals surface area contributed by atoms with Crippen molar-refractivity contribution in [2.24, 2.45) is 0 Å². The van der Waals surface area contributed by atoms with Crippen molar-refractivity contribution < 1.29 is 19.4 Å². The Bertz CT molecular complexity index is 244. The number of carbonyl (C=O) groups excluding carboxylic acids is 1. The van der Waals surface area contributed by atoms with Gasteiger partial charge < -0.3 is 19.5 Å². The summed E-state index contributed by atoms with van der Waals surface area (Å²) in [5, 5.41) is 8.95. The monoisotopic (exact) mass is 229 g/mol. The minimum Gasteiger partial charge on any atom is -0.465 e. The van der Waals surface area contributed by atoms with Crippen LogP contribution < -0.4 is 0 Å². The van der Waals surface area contributed by atoms with Crippen LogP contribution in [0.25, 0.3) is 0 Å². The maximum atomic E-state index is 10.9. The lowest BCUT2D eigenvalue weighted by Crippen LogP contribution is -2.44. The summed E-state index contributed by atoms with van der Waals surface area (Å²) in [5.74, 6) is 0. The van der Waals surface area contributed by atoms with Gasteiger partial charge in [-0.2, -0.15) is 0 Å². The van der Waals surface area contributed by atoms with Gasteiger partial charge in [0, 0.05) is 13.2 Å². The third-order valence-electron chi connectivity index (χ3n) is 2.87. The summed E-state index contributed by atoms with van der Waals surface area (Å²) in [6.45, 7) is 3.06. The van der Waals surface area contributed by atoms with Gasteiger partial charge in [0.2, 0.25) is 0 Å². The van der Waals surface area contributed by atoms with Crippen LogP contribution in [0.3, 0.4) is 0 Å². The van der Waals surface area contributed by atoms with Crippen molar-refractivity contribution in [2.75, 3.05) is 13.2 Å². The molecule has 0 aromatic carbocycles. The average Bonchev–Trinajstić information content (AvgIpc) is 2.73. The molecule has 1 heterocycles. The summed E-state index contributed by atoms with van der Waals surface area (Å²) in [5.41, 5.74) is 0. The highest BCUT2D eigenvalue weighted by atomic mass is 16.5. The molecule has 0 aliphatic carbocycles. The zero-order valence-electron chi connectivity index (χ0n) is 9.59. The molecule has 1 amide bonds. The van der Waals surface area contributed by atoms with Crippen molar-refractivity contribution in [2.45, 2.75) is 44.8 Å². The first-order chi connectivity index (χ1) is 7.70. The smallest absolute Gasteiger partial charge is 0.407 e. The van der Waals surface area contributed by atoms with E-state index < -0.39 is 12.2 Å². The van der Waals surface area contributed by atoms with Crippen LogP contribution in [0, 0.1) is 0 Å². The van der Waals surface area contributed by atoms with E-state index in [2.05, 4.69) is 0 Å². The van der Waals surface area contributed by atoms with Gasteiger partial charge in [-0.05, 0) is 19.3 Å². The summed E-state index contributed by atoms with van der Waals surface area (Å²) >= 11 is 0. The molecule has 1 aliphatic heterocycles. The predicted molar refractivity (Wildman–Crippen MR) is 58.5 cm³/mol. The van der Waals surface area contributed by atoms with Gasteiger partial charge in [-0.1, -0.05) is 13.3 Å². The van der Waals surface area contributed by atoms with Crippen molar-refractivity contribution in [3.8, 4) is 0 Å². The number of likely N-dealkylation sites (tertiary alicyclic amines) is 1. The van der Waals surface area contributed by atoms with Gasteiger partial charge in [0.1, 0.15) is 6.10 Å². The number of hydrogen-bond acceptors (Lipinski definition) is 3. The molecule has 0 bridgehead atoms. The van der Waals surface area contributed by atoms with Crippen LogP contribution >= 0.6 is 0 Å². The topological polar surface area (TPSA) is 66.8 Å². The van der Waals surface area contributed by atoms with E-state index in [1.165, 1.54) is 4.90 Å². The van der Waals surface area contributed by atoms with E-state index in [-0.39, 0.29) is 6.04 Å². The molecule has 1 rings (SSSR count). The first kappa shape index (κ1) is 13.0. The Kier molecular flexibility index (Phi) is 5.25. The van der Waals surface area contributed by atoms with Gasteiger partial charge in [-0.25, -0.2) is 4.79 Å². The van der Waals surface area contributed by atoms with Crippen LogP contribution in [-0.2, 0) is 9.53 Å². The normalized spacial score (nSPS) is 22.1. The second-order valence-corrected chi connectivity index (χ2v) is 4.01. The zero-order chi connectivity index (χ0) is 12.0. The van der Waals surface area contributed by atoms with Gasteiger partial charge in [0.25, 0.3) is 0 Å². The largest absolute Gasteiger partial charge is 0.465 e. The molecule has 0 saturated carbocycles. The minimum absolute atomic E-state index is 0.299. The third kappa shape index (κ3) is 3.20. The number of ether oxygens (including phenoxy) is 1. The van der Waals surface area contributed by atoms with E-state index in [4.69, 9.17) is 9.84 Å². The Hall–Kier alpha value is -1.10. The van der Waals surface area contributed by atoms with Crippen LogP contribution in [0.2, 0.25) is 0 Å². The molecule has 5 heteroatoms. The SMILES string of the molecule is CCCCOC(C=O)C1CCCN1C(=O)O. The number of amides is 1. The molecule has 0 aromatic heterocycles. The van der Waals surface area contributed by atoms with Crippen LogP contribution in [0.15, 0.2) is 0 Å². The highest BCUT2D eigenvalue weighted by Gasteiger charge is 2.35. The second kappa shape index (κ2) is 6.48. The molecule has 5 nitrogen and oxygen atoms in total. The number of carboxylic acid groups (broad SMARTS) is 1. The number of unbranched alkanes of at least 4 members (excludes halogenated alkanes) is 1. The Balaban J connectivity index is 2.50. The molecule has 1 saturated heterocycles. The van der Waals surface area contributed by atoms with E-state index in [0.29, 0.717) is 19.6 Å². The molecular weight excluding hydrogens is 210 g/mol. The molecular formula is C11H19NO4. The number of hydrogen-bond donors (Lipinski definition) is 1. The van der Waals surface area contributed by atoms with Crippen molar-refractivity contribution >= 4 is 12.4 Å². The quantitative estimate of drug-likeness (QED) is 0.554. The fourth-order valence-electron chi connectivity index (χ4n) is 1.98. The average molecular weight is 229 g/mol. The molecule has 16 heavy (non-hydrogen) atoms. The summed E-state index contributed by atoms with van der Waals surface area (Å²) in [6, 6.07) is -0.299. The Labute approximate surface area is 95.4 Å².